The number of nitrogens with zero attached hydrogens (tertiary/aromatic N) is 2. The Bertz CT molecular complexity index is 727. The summed E-state index contributed by atoms with van der Waals surface area (Å²) in [5, 5.41) is 8.92. The average Bonchev–Trinajstić information content (AvgIpc) is 3.15. The van der Waals surface area contributed by atoms with Crippen LogP contribution in [0.25, 0.3) is 0 Å². The van der Waals surface area contributed by atoms with Gasteiger partial charge in [-0.2, -0.15) is 0 Å². The molecule has 0 bridgehead atoms. The van der Waals surface area contributed by atoms with E-state index in [9.17, 15) is 0 Å². The molecule has 2 aromatic heterocycles. The molecule has 0 aliphatic rings. The molecule has 0 aliphatic heterocycles. The van der Waals surface area contributed by atoms with Crippen LogP contribution in [0.4, 0.5) is 0 Å². The summed E-state index contributed by atoms with van der Waals surface area (Å²) in [6.45, 7) is 2.18. The molecule has 1 unspecified atom stereocenters. The van der Waals surface area contributed by atoms with Crippen molar-refractivity contribution in [2.45, 2.75) is 30.2 Å². The standard InChI is InChI=1S/C16H15BrN2OS2/c1-11(12-5-3-2-4-6-12)9-15-18-19-16(20-15)21-10-13-7-8-14(17)22-13/h2-8,11H,9-10H2,1H3. The zero-order valence-corrected chi connectivity index (χ0v) is 15.2. The second kappa shape index (κ2) is 7.44. The number of halogens is 1. The van der Waals surface area contributed by atoms with Crippen molar-refractivity contribution >= 4 is 39.0 Å². The van der Waals surface area contributed by atoms with Gasteiger partial charge in [-0.15, -0.1) is 21.5 Å². The molecule has 0 N–H and O–H groups in total. The van der Waals surface area contributed by atoms with Gasteiger partial charge < -0.3 is 4.42 Å². The summed E-state index contributed by atoms with van der Waals surface area (Å²) in [6, 6.07) is 14.6. The van der Waals surface area contributed by atoms with Crippen LogP contribution in [-0.2, 0) is 12.2 Å². The molecule has 3 nitrogen and oxygen atoms in total. The van der Waals surface area contributed by atoms with Crippen molar-refractivity contribution in [2.75, 3.05) is 0 Å². The van der Waals surface area contributed by atoms with Gasteiger partial charge in [-0.25, -0.2) is 0 Å². The highest BCUT2D eigenvalue weighted by Gasteiger charge is 2.13. The van der Waals surface area contributed by atoms with E-state index in [1.165, 1.54) is 10.4 Å². The molecule has 114 valence electrons. The molecule has 0 radical (unpaired) electrons. The first-order chi connectivity index (χ1) is 10.7. The van der Waals surface area contributed by atoms with E-state index in [1.807, 2.05) is 6.07 Å². The SMILES string of the molecule is CC(Cc1nnc(SCc2ccc(Br)s2)o1)c1ccccc1. The van der Waals surface area contributed by atoms with Crippen molar-refractivity contribution in [1.29, 1.82) is 0 Å². The van der Waals surface area contributed by atoms with Gasteiger partial charge in [0.25, 0.3) is 5.22 Å². The van der Waals surface area contributed by atoms with Crippen molar-refractivity contribution in [2.24, 2.45) is 0 Å². The maximum atomic E-state index is 5.74. The number of hydrogen-bond acceptors (Lipinski definition) is 5. The van der Waals surface area contributed by atoms with Crippen LogP contribution in [-0.4, -0.2) is 10.2 Å². The molecule has 6 heteroatoms. The molecule has 2 heterocycles. The molecule has 0 aliphatic carbocycles. The fourth-order valence-corrected chi connectivity index (χ4v) is 4.41. The molecule has 0 fully saturated rings. The van der Waals surface area contributed by atoms with E-state index >= 15 is 0 Å². The maximum absolute atomic E-state index is 5.74. The van der Waals surface area contributed by atoms with Crippen LogP contribution in [0.5, 0.6) is 0 Å². The quantitative estimate of drug-likeness (QED) is 0.515. The molecule has 0 amide bonds. The number of benzene rings is 1. The summed E-state index contributed by atoms with van der Waals surface area (Å²) in [6.07, 6.45) is 0.766. The van der Waals surface area contributed by atoms with Crippen LogP contribution in [0.2, 0.25) is 0 Å². The molecule has 3 rings (SSSR count). The lowest BCUT2D eigenvalue weighted by Gasteiger charge is -2.08. The lowest BCUT2D eigenvalue weighted by atomic mass is 9.98. The first-order valence-corrected chi connectivity index (χ1v) is 9.54. The van der Waals surface area contributed by atoms with Crippen LogP contribution in [0.1, 0.15) is 29.2 Å². The van der Waals surface area contributed by atoms with Crippen LogP contribution in [0.15, 0.2) is 55.9 Å². The zero-order valence-electron chi connectivity index (χ0n) is 12.0. The Morgan fingerprint density at radius 1 is 1.18 bits per heavy atom. The lowest BCUT2D eigenvalue weighted by molar-refractivity contribution is 0.404. The minimum absolute atomic E-state index is 0.368. The summed E-state index contributed by atoms with van der Waals surface area (Å²) in [5.41, 5.74) is 1.29. The second-order valence-electron chi connectivity index (χ2n) is 4.97. The van der Waals surface area contributed by atoms with Crippen molar-refractivity contribution in [3.63, 3.8) is 0 Å². The van der Waals surface area contributed by atoms with Gasteiger partial charge in [-0.05, 0) is 39.5 Å². The topological polar surface area (TPSA) is 38.9 Å². The smallest absolute Gasteiger partial charge is 0.276 e. The molecule has 22 heavy (non-hydrogen) atoms. The highest BCUT2D eigenvalue weighted by Crippen LogP contribution is 2.29. The van der Waals surface area contributed by atoms with Gasteiger partial charge in [0.2, 0.25) is 5.89 Å². The first-order valence-electron chi connectivity index (χ1n) is 6.95. The second-order valence-corrected chi connectivity index (χ2v) is 8.45. The van der Waals surface area contributed by atoms with E-state index in [1.54, 1.807) is 23.1 Å². The van der Waals surface area contributed by atoms with E-state index in [-0.39, 0.29) is 0 Å². The van der Waals surface area contributed by atoms with Crippen molar-refractivity contribution in [1.82, 2.24) is 10.2 Å². The largest absolute Gasteiger partial charge is 0.416 e. The van der Waals surface area contributed by atoms with Gasteiger partial charge in [0, 0.05) is 17.1 Å². The predicted octanol–water partition coefficient (Wildman–Crippen LogP) is 5.53. The Balaban J connectivity index is 1.57. The minimum atomic E-state index is 0.368. The molecule has 1 atom stereocenters. The fourth-order valence-electron chi connectivity index (χ4n) is 2.10. The highest BCUT2D eigenvalue weighted by atomic mass is 79.9. The van der Waals surface area contributed by atoms with E-state index in [0.717, 1.165) is 16.0 Å². The van der Waals surface area contributed by atoms with Gasteiger partial charge in [0.15, 0.2) is 0 Å². The van der Waals surface area contributed by atoms with Gasteiger partial charge in [0.05, 0.1) is 3.79 Å². The van der Waals surface area contributed by atoms with Crippen molar-refractivity contribution < 1.29 is 4.42 Å². The van der Waals surface area contributed by atoms with Gasteiger partial charge >= 0.3 is 0 Å². The monoisotopic (exact) mass is 394 g/mol. The molecular weight excluding hydrogens is 380 g/mol. The summed E-state index contributed by atoms with van der Waals surface area (Å²) in [7, 11) is 0. The summed E-state index contributed by atoms with van der Waals surface area (Å²) < 4.78 is 6.88. The normalized spacial score (nSPS) is 12.5. The van der Waals surface area contributed by atoms with E-state index in [4.69, 9.17) is 4.42 Å². The fraction of sp³-hybridized carbons (Fsp3) is 0.250. The van der Waals surface area contributed by atoms with Gasteiger partial charge in [-0.1, -0.05) is 49.0 Å². The van der Waals surface area contributed by atoms with Crippen molar-refractivity contribution in [3.05, 3.63) is 62.6 Å². The summed E-state index contributed by atoms with van der Waals surface area (Å²) in [5.74, 6) is 1.92. The van der Waals surface area contributed by atoms with E-state index < -0.39 is 0 Å². The number of hydrogen-bond donors (Lipinski definition) is 0. The molecule has 3 aromatic rings. The van der Waals surface area contributed by atoms with E-state index in [0.29, 0.717) is 17.0 Å². The molecule has 0 saturated carbocycles. The Kier molecular flexibility index (Phi) is 5.33. The Morgan fingerprint density at radius 3 is 2.73 bits per heavy atom. The third-order valence-electron chi connectivity index (χ3n) is 3.26. The Morgan fingerprint density at radius 2 is 2.00 bits per heavy atom. The van der Waals surface area contributed by atoms with Gasteiger partial charge in [0.1, 0.15) is 0 Å². The number of thiophene rings is 1. The van der Waals surface area contributed by atoms with Crippen LogP contribution in [0, 0.1) is 0 Å². The van der Waals surface area contributed by atoms with Crippen molar-refractivity contribution in [3.8, 4) is 0 Å². The Hall–Kier alpha value is -1.11. The maximum Gasteiger partial charge on any atom is 0.276 e. The van der Waals surface area contributed by atoms with Crippen LogP contribution >= 0.6 is 39.0 Å². The third kappa shape index (κ3) is 4.21. The number of aromatic nitrogens is 2. The predicted molar refractivity (Wildman–Crippen MR) is 94.4 cm³/mol. The first kappa shape index (κ1) is 15.8. The third-order valence-corrected chi connectivity index (χ3v) is 5.94. The molecule has 0 spiro atoms. The zero-order chi connectivity index (χ0) is 15.4. The van der Waals surface area contributed by atoms with Crippen LogP contribution < -0.4 is 0 Å². The summed E-state index contributed by atoms with van der Waals surface area (Å²) >= 11 is 6.78. The number of thioether (sulfide) groups is 1. The number of rotatable bonds is 6. The molecule has 1 aromatic carbocycles. The molecular formula is C16H15BrN2OS2. The average molecular weight is 395 g/mol. The van der Waals surface area contributed by atoms with Gasteiger partial charge in [-0.3, -0.25) is 0 Å². The van der Waals surface area contributed by atoms with E-state index in [2.05, 4.69) is 69.4 Å². The molecule has 0 saturated heterocycles. The van der Waals surface area contributed by atoms with Crippen LogP contribution in [0.3, 0.4) is 0 Å². The lowest BCUT2D eigenvalue weighted by Crippen LogP contribution is -1.98. The Labute approximate surface area is 146 Å². The minimum Gasteiger partial charge on any atom is -0.416 e. The summed E-state index contributed by atoms with van der Waals surface area (Å²) in [4.78, 5) is 1.29. The highest BCUT2D eigenvalue weighted by molar-refractivity contribution is 9.11.